The average molecular weight is 263 g/mol. The Kier molecular flexibility index (Phi) is 3.93. The van der Waals surface area contributed by atoms with E-state index in [-0.39, 0.29) is 5.91 Å². The van der Waals surface area contributed by atoms with E-state index in [2.05, 4.69) is 20.8 Å². The van der Waals surface area contributed by atoms with Gasteiger partial charge in [-0.2, -0.15) is 4.68 Å². The number of tetrazole rings is 1. The van der Waals surface area contributed by atoms with E-state index < -0.39 is 0 Å². The topological polar surface area (TPSA) is 72.7 Å². The Bertz CT molecular complexity index is 554. The van der Waals surface area contributed by atoms with E-state index in [1.165, 1.54) is 11.8 Å². The molecule has 0 fully saturated rings. The van der Waals surface area contributed by atoms with Gasteiger partial charge in [0.2, 0.25) is 11.1 Å². The third-order valence-corrected chi connectivity index (χ3v) is 3.32. The number of amides is 1. The number of aromatic nitrogens is 4. The van der Waals surface area contributed by atoms with Gasteiger partial charge in [0.15, 0.2) is 0 Å². The van der Waals surface area contributed by atoms with Gasteiger partial charge in [0.25, 0.3) is 0 Å². The lowest BCUT2D eigenvalue weighted by Crippen LogP contribution is -2.20. The van der Waals surface area contributed by atoms with Crippen molar-refractivity contribution in [2.24, 2.45) is 0 Å². The standard InChI is InChI=1S/C11H13N5OS/c1-8-5-3-4-6-9(8)16-11(13-14-15-16)18-7-10(17)12-2/h3-6H,7H2,1-2H3,(H,12,17). The summed E-state index contributed by atoms with van der Waals surface area (Å²) in [7, 11) is 1.60. The van der Waals surface area contributed by atoms with Crippen LogP contribution in [0.1, 0.15) is 5.56 Å². The number of carbonyl (C=O) groups excluding carboxylic acids is 1. The number of aryl methyl sites for hydroxylation is 1. The van der Waals surface area contributed by atoms with Crippen LogP contribution in [0.3, 0.4) is 0 Å². The highest BCUT2D eigenvalue weighted by molar-refractivity contribution is 7.99. The van der Waals surface area contributed by atoms with E-state index in [0.29, 0.717) is 10.9 Å². The molecule has 1 N–H and O–H groups in total. The van der Waals surface area contributed by atoms with E-state index in [4.69, 9.17) is 0 Å². The van der Waals surface area contributed by atoms with E-state index in [9.17, 15) is 4.79 Å². The minimum atomic E-state index is -0.0562. The molecular formula is C11H13N5OS. The summed E-state index contributed by atoms with van der Waals surface area (Å²) in [6, 6.07) is 7.82. The van der Waals surface area contributed by atoms with Crippen LogP contribution in [-0.4, -0.2) is 38.9 Å². The molecule has 0 radical (unpaired) electrons. The van der Waals surface area contributed by atoms with Crippen LogP contribution in [0.4, 0.5) is 0 Å². The highest BCUT2D eigenvalue weighted by atomic mass is 32.2. The molecule has 0 atom stereocenters. The molecule has 2 rings (SSSR count). The number of benzene rings is 1. The number of thioether (sulfide) groups is 1. The van der Waals surface area contributed by atoms with Crippen molar-refractivity contribution >= 4 is 17.7 Å². The van der Waals surface area contributed by atoms with Gasteiger partial charge in [-0.1, -0.05) is 30.0 Å². The molecule has 1 amide bonds. The SMILES string of the molecule is CNC(=O)CSc1nnnn1-c1ccccc1C. The van der Waals surface area contributed by atoms with Gasteiger partial charge in [0.05, 0.1) is 11.4 Å². The molecule has 1 heterocycles. The Morgan fingerprint density at radius 3 is 2.94 bits per heavy atom. The van der Waals surface area contributed by atoms with Crippen molar-refractivity contribution in [3.05, 3.63) is 29.8 Å². The Morgan fingerprint density at radius 2 is 2.22 bits per heavy atom. The Balaban J connectivity index is 2.23. The fourth-order valence-corrected chi connectivity index (χ4v) is 2.18. The van der Waals surface area contributed by atoms with Crippen molar-refractivity contribution in [2.75, 3.05) is 12.8 Å². The van der Waals surface area contributed by atoms with E-state index in [1.54, 1.807) is 11.7 Å². The molecular weight excluding hydrogens is 250 g/mol. The predicted molar refractivity (Wildman–Crippen MR) is 68.7 cm³/mol. The van der Waals surface area contributed by atoms with Crippen molar-refractivity contribution in [1.82, 2.24) is 25.5 Å². The van der Waals surface area contributed by atoms with Crippen LogP contribution in [0.2, 0.25) is 0 Å². The molecule has 6 nitrogen and oxygen atoms in total. The third kappa shape index (κ3) is 2.67. The summed E-state index contributed by atoms with van der Waals surface area (Å²) in [5.41, 5.74) is 1.99. The summed E-state index contributed by atoms with van der Waals surface area (Å²) in [5.74, 6) is 0.238. The van der Waals surface area contributed by atoms with Crippen LogP contribution in [0, 0.1) is 6.92 Å². The molecule has 0 aliphatic rings. The third-order valence-electron chi connectivity index (χ3n) is 2.40. The lowest BCUT2D eigenvalue weighted by molar-refractivity contribution is -0.118. The predicted octanol–water partition coefficient (Wildman–Crippen LogP) is 0.809. The molecule has 94 valence electrons. The number of nitrogens with zero attached hydrogens (tertiary/aromatic N) is 4. The Hall–Kier alpha value is -1.89. The van der Waals surface area contributed by atoms with Crippen LogP contribution in [-0.2, 0) is 4.79 Å². The summed E-state index contributed by atoms with van der Waals surface area (Å²) < 4.78 is 1.64. The molecule has 0 spiro atoms. The maximum atomic E-state index is 11.2. The minimum absolute atomic E-state index is 0.0562. The van der Waals surface area contributed by atoms with Crippen molar-refractivity contribution in [2.45, 2.75) is 12.1 Å². The fourth-order valence-electron chi connectivity index (χ4n) is 1.42. The van der Waals surface area contributed by atoms with E-state index in [0.717, 1.165) is 11.3 Å². The van der Waals surface area contributed by atoms with Gasteiger partial charge in [-0.25, -0.2) is 0 Å². The first kappa shape index (κ1) is 12.6. The van der Waals surface area contributed by atoms with Gasteiger partial charge in [0.1, 0.15) is 0 Å². The Morgan fingerprint density at radius 1 is 1.44 bits per heavy atom. The maximum Gasteiger partial charge on any atom is 0.230 e. The molecule has 0 aliphatic carbocycles. The maximum absolute atomic E-state index is 11.2. The van der Waals surface area contributed by atoms with Gasteiger partial charge in [-0.15, -0.1) is 5.10 Å². The van der Waals surface area contributed by atoms with E-state index in [1.807, 2.05) is 31.2 Å². The van der Waals surface area contributed by atoms with Gasteiger partial charge in [-0.05, 0) is 29.0 Å². The highest BCUT2D eigenvalue weighted by Crippen LogP contribution is 2.19. The van der Waals surface area contributed by atoms with E-state index >= 15 is 0 Å². The number of rotatable bonds is 4. The van der Waals surface area contributed by atoms with Crippen molar-refractivity contribution in [3.8, 4) is 5.69 Å². The zero-order valence-corrected chi connectivity index (χ0v) is 10.9. The molecule has 0 aliphatic heterocycles. The quantitative estimate of drug-likeness (QED) is 0.826. The minimum Gasteiger partial charge on any atom is -0.358 e. The summed E-state index contributed by atoms with van der Waals surface area (Å²) in [6.07, 6.45) is 0. The fraction of sp³-hybridized carbons (Fsp3) is 0.273. The first-order chi connectivity index (χ1) is 8.72. The number of carbonyl (C=O) groups is 1. The van der Waals surface area contributed by atoms with Crippen LogP contribution < -0.4 is 5.32 Å². The summed E-state index contributed by atoms with van der Waals surface area (Å²) in [6.45, 7) is 1.99. The van der Waals surface area contributed by atoms with Crippen LogP contribution >= 0.6 is 11.8 Å². The van der Waals surface area contributed by atoms with Gasteiger partial charge >= 0.3 is 0 Å². The van der Waals surface area contributed by atoms with Crippen LogP contribution in [0.15, 0.2) is 29.4 Å². The van der Waals surface area contributed by atoms with Crippen LogP contribution in [0.5, 0.6) is 0 Å². The molecule has 0 bridgehead atoms. The summed E-state index contributed by atoms with van der Waals surface area (Å²) in [4.78, 5) is 11.2. The normalized spacial score (nSPS) is 10.3. The Labute approximate surface area is 109 Å². The number of nitrogens with one attached hydrogen (secondary N) is 1. The molecule has 1 aromatic heterocycles. The van der Waals surface area contributed by atoms with Gasteiger partial charge in [-0.3, -0.25) is 4.79 Å². The molecule has 2 aromatic rings. The molecule has 18 heavy (non-hydrogen) atoms. The van der Waals surface area contributed by atoms with Gasteiger partial charge in [0, 0.05) is 7.05 Å². The molecule has 0 saturated carbocycles. The number of hydrogen-bond acceptors (Lipinski definition) is 5. The molecule has 0 saturated heterocycles. The second-order valence-electron chi connectivity index (χ2n) is 3.62. The second kappa shape index (κ2) is 5.63. The number of para-hydroxylation sites is 1. The zero-order valence-electron chi connectivity index (χ0n) is 10.1. The number of hydrogen-bond donors (Lipinski definition) is 1. The highest BCUT2D eigenvalue weighted by Gasteiger charge is 2.11. The first-order valence-corrected chi connectivity index (χ1v) is 6.38. The molecule has 1 aromatic carbocycles. The first-order valence-electron chi connectivity index (χ1n) is 5.40. The van der Waals surface area contributed by atoms with Crippen molar-refractivity contribution < 1.29 is 4.79 Å². The molecule has 0 unspecified atom stereocenters. The van der Waals surface area contributed by atoms with Gasteiger partial charge < -0.3 is 5.32 Å². The smallest absolute Gasteiger partial charge is 0.230 e. The van der Waals surface area contributed by atoms with Crippen molar-refractivity contribution in [1.29, 1.82) is 0 Å². The zero-order chi connectivity index (χ0) is 13.0. The second-order valence-corrected chi connectivity index (χ2v) is 4.56. The largest absolute Gasteiger partial charge is 0.358 e. The molecule has 7 heteroatoms. The summed E-state index contributed by atoms with van der Waals surface area (Å²) in [5, 5.41) is 14.7. The lowest BCUT2D eigenvalue weighted by Gasteiger charge is -2.06. The van der Waals surface area contributed by atoms with Crippen molar-refractivity contribution in [3.63, 3.8) is 0 Å². The lowest BCUT2D eigenvalue weighted by atomic mass is 10.2. The monoisotopic (exact) mass is 263 g/mol. The average Bonchev–Trinajstić information content (AvgIpc) is 2.84. The van der Waals surface area contributed by atoms with Crippen LogP contribution in [0.25, 0.3) is 5.69 Å². The summed E-state index contributed by atoms with van der Waals surface area (Å²) >= 11 is 1.30.